The average Bonchev–Trinajstić information content (AvgIpc) is 1.78. The van der Waals surface area contributed by atoms with Gasteiger partial charge in [0.15, 0.2) is 5.75 Å². The third-order valence-electron chi connectivity index (χ3n) is 1.14. The van der Waals surface area contributed by atoms with Crippen LogP contribution in [0.25, 0.3) is 0 Å². The number of sulfonamides is 1. The van der Waals surface area contributed by atoms with E-state index in [4.69, 9.17) is 0 Å². The van der Waals surface area contributed by atoms with Gasteiger partial charge in [-0.05, 0) is 6.92 Å². The van der Waals surface area contributed by atoms with E-state index in [1.807, 2.05) is 0 Å². The minimum absolute atomic E-state index is 1.05. The van der Waals surface area contributed by atoms with Crippen LogP contribution in [-0.2, 0) is 14.8 Å². The van der Waals surface area contributed by atoms with E-state index in [2.05, 4.69) is 5.73 Å². The topological polar surface area (TPSA) is 89.3 Å². The summed E-state index contributed by atoms with van der Waals surface area (Å²) in [4.78, 5) is 10.4. The zero-order chi connectivity index (χ0) is 11.6. The van der Waals surface area contributed by atoms with Crippen molar-refractivity contribution in [2.75, 3.05) is 5.75 Å². The van der Waals surface area contributed by atoms with Gasteiger partial charge in [-0.1, -0.05) is 0 Å². The highest BCUT2D eigenvalue weighted by molar-refractivity contribution is 7.89. The second-order valence-electron chi connectivity index (χ2n) is 2.62. The summed E-state index contributed by atoms with van der Waals surface area (Å²) in [5.74, 6) is -3.08. The van der Waals surface area contributed by atoms with Crippen molar-refractivity contribution in [3.63, 3.8) is 0 Å². The molecule has 0 saturated carbocycles. The number of nitrogens with one attached hydrogen (secondary N) is 1. The van der Waals surface area contributed by atoms with Crippen LogP contribution >= 0.6 is 0 Å². The molecular weight excluding hydrogens is 225 g/mol. The van der Waals surface area contributed by atoms with E-state index < -0.39 is 33.9 Å². The van der Waals surface area contributed by atoms with Crippen molar-refractivity contribution in [1.82, 2.24) is 4.72 Å². The molecule has 0 fully saturated rings. The normalized spacial score (nSPS) is 15.1. The molecule has 0 radical (unpaired) electrons. The van der Waals surface area contributed by atoms with E-state index >= 15 is 0 Å². The van der Waals surface area contributed by atoms with Gasteiger partial charge in [0, 0.05) is 0 Å². The number of amides is 1. The molecule has 0 aromatic heterocycles. The third kappa shape index (κ3) is 5.75. The fourth-order valence-corrected chi connectivity index (χ4v) is 1.75. The highest BCUT2D eigenvalue weighted by Gasteiger charge is 2.36. The maximum Gasteiger partial charge on any atom is 0.404 e. The van der Waals surface area contributed by atoms with Crippen LogP contribution < -0.4 is 10.5 Å². The Hall–Kier alpha value is -0.830. The van der Waals surface area contributed by atoms with Gasteiger partial charge in [0.2, 0.25) is 15.9 Å². The maximum absolute atomic E-state index is 11.7. The van der Waals surface area contributed by atoms with E-state index in [9.17, 15) is 26.4 Å². The molecule has 5 nitrogen and oxygen atoms in total. The lowest BCUT2D eigenvalue weighted by molar-refractivity contribution is -0.119. The molecule has 0 aromatic rings. The van der Waals surface area contributed by atoms with Crippen molar-refractivity contribution in [2.24, 2.45) is 5.73 Å². The minimum atomic E-state index is -4.84. The molecule has 0 aliphatic carbocycles. The van der Waals surface area contributed by atoms with Crippen LogP contribution in [-0.4, -0.2) is 32.3 Å². The molecule has 1 amide bonds. The molecule has 0 aliphatic rings. The van der Waals surface area contributed by atoms with Crippen LogP contribution in [0.2, 0.25) is 0 Å². The van der Waals surface area contributed by atoms with Gasteiger partial charge in [-0.25, -0.2) is 13.1 Å². The van der Waals surface area contributed by atoms with Gasteiger partial charge in [-0.3, -0.25) is 4.79 Å². The molecule has 0 spiro atoms. The molecular formula is C5H9F3N2O3S. The molecule has 1 atom stereocenters. The van der Waals surface area contributed by atoms with Crippen molar-refractivity contribution >= 4 is 15.9 Å². The molecule has 0 heterocycles. The zero-order valence-electron chi connectivity index (χ0n) is 7.13. The summed E-state index contributed by atoms with van der Waals surface area (Å²) in [5, 5.41) is 0. The second kappa shape index (κ2) is 4.13. The van der Waals surface area contributed by atoms with Crippen LogP contribution in [0.5, 0.6) is 0 Å². The van der Waals surface area contributed by atoms with Gasteiger partial charge >= 0.3 is 6.18 Å². The lowest BCUT2D eigenvalue weighted by Gasteiger charge is -2.12. The summed E-state index contributed by atoms with van der Waals surface area (Å²) >= 11 is 0. The summed E-state index contributed by atoms with van der Waals surface area (Å²) < 4.78 is 57.9. The molecule has 1 unspecified atom stereocenters. The number of hydrogen-bond acceptors (Lipinski definition) is 3. The number of carbonyl (C=O) groups is 1. The zero-order valence-corrected chi connectivity index (χ0v) is 7.95. The number of nitrogens with two attached hydrogens (primary N) is 1. The number of rotatable bonds is 4. The minimum Gasteiger partial charge on any atom is -0.368 e. The number of alkyl halides is 3. The van der Waals surface area contributed by atoms with Gasteiger partial charge in [0.05, 0.1) is 6.04 Å². The maximum atomic E-state index is 11.7. The summed E-state index contributed by atoms with van der Waals surface area (Å²) in [6.07, 6.45) is -4.84. The van der Waals surface area contributed by atoms with Crippen molar-refractivity contribution < 1.29 is 26.4 Å². The van der Waals surface area contributed by atoms with Gasteiger partial charge in [-0.15, -0.1) is 0 Å². The first kappa shape index (κ1) is 13.2. The SMILES string of the molecule is CC(NS(=O)(=O)CC(F)(F)F)C(N)=O. The first-order valence-electron chi connectivity index (χ1n) is 3.39. The van der Waals surface area contributed by atoms with E-state index in [1.54, 1.807) is 0 Å². The Kier molecular flexibility index (Phi) is 3.89. The van der Waals surface area contributed by atoms with Gasteiger partial charge in [-0.2, -0.15) is 13.2 Å². The van der Waals surface area contributed by atoms with E-state index in [0.717, 1.165) is 6.92 Å². The van der Waals surface area contributed by atoms with Crippen LogP contribution in [0.1, 0.15) is 6.92 Å². The van der Waals surface area contributed by atoms with Crippen LogP contribution in [0.15, 0.2) is 0 Å². The summed E-state index contributed by atoms with van der Waals surface area (Å²) in [5.41, 5.74) is 4.66. The number of primary amides is 1. The highest BCUT2D eigenvalue weighted by atomic mass is 32.2. The smallest absolute Gasteiger partial charge is 0.368 e. The van der Waals surface area contributed by atoms with Crippen molar-refractivity contribution in [1.29, 1.82) is 0 Å². The Labute approximate surface area is 78.5 Å². The Morgan fingerprint density at radius 2 is 1.93 bits per heavy atom. The first-order valence-corrected chi connectivity index (χ1v) is 5.05. The molecule has 0 aromatic carbocycles. The lowest BCUT2D eigenvalue weighted by Crippen LogP contribution is -2.45. The Morgan fingerprint density at radius 1 is 1.50 bits per heavy atom. The molecule has 0 bridgehead atoms. The summed E-state index contributed by atoms with van der Waals surface area (Å²) in [6, 6.07) is -1.36. The van der Waals surface area contributed by atoms with Crippen molar-refractivity contribution in [3.05, 3.63) is 0 Å². The van der Waals surface area contributed by atoms with E-state index in [1.165, 1.54) is 4.72 Å². The fourth-order valence-electron chi connectivity index (χ4n) is 0.585. The van der Waals surface area contributed by atoms with Gasteiger partial charge < -0.3 is 5.73 Å². The summed E-state index contributed by atoms with van der Waals surface area (Å²) in [6.45, 7) is 1.05. The highest BCUT2D eigenvalue weighted by Crippen LogP contribution is 2.16. The largest absolute Gasteiger partial charge is 0.404 e. The Bertz CT molecular complexity index is 311. The van der Waals surface area contributed by atoms with E-state index in [0.29, 0.717) is 0 Å². The lowest BCUT2D eigenvalue weighted by atomic mass is 10.4. The molecule has 0 aliphatic heterocycles. The first-order chi connectivity index (χ1) is 6.03. The standard InChI is InChI=1S/C5H9F3N2O3S/c1-3(4(9)11)10-14(12,13)2-5(6,7)8/h3,10H,2H2,1H3,(H2,9,11). The fraction of sp³-hybridized carbons (Fsp3) is 0.800. The van der Waals surface area contributed by atoms with Crippen LogP contribution in [0, 0.1) is 0 Å². The molecule has 0 rings (SSSR count). The predicted octanol–water partition coefficient (Wildman–Crippen LogP) is -0.658. The molecule has 9 heteroatoms. The predicted molar refractivity (Wildman–Crippen MR) is 41.6 cm³/mol. The molecule has 3 N–H and O–H groups in total. The third-order valence-corrected chi connectivity index (χ3v) is 2.56. The van der Waals surface area contributed by atoms with Gasteiger partial charge in [0.25, 0.3) is 0 Å². The molecule has 14 heavy (non-hydrogen) atoms. The van der Waals surface area contributed by atoms with Crippen LogP contribution in [0.3, 0.4) is 0 Å². The van der Waals surface area contributed by atoms with E-state index in [-0.39, 0.29) is 0 Å². The van der Waals surface area contributed by atoms with Crippen molar-refractivity contribution in [2.45, 2.75) is 19.1 Å². The summed E-state index contributed by atoms with van der Waals surface area (Å²) in [7, 11) is -4.56. The van der Waals surface area contributed by atoms with Gasteiger partial charge in [0.1, 0.15) is 0 Å². The Morgan fingerprint density at radius 3 is 2.21 bits per heavy atom. The van der Waals surface area contributed by atoms with Crippen molar-refractivity contribution in [3.8, 4) is 0 Å². The molecule has 0 saturated heterocycles. The quantitative estimate of drug-likeness (QED) is 0.676. The van der Waals surface area contributed by atoms with Crippen LogP contribution in [0.4, 0.5) is 13.2 Å². The Balaban J connectivity index is 4.45. The number of carbonyl (C=O) groups excluding carboxylic acids is 1. The second-order valence-corrected chi connectivity index (χ2v) is 4.37. The average molecular weight is 234 g/mol. The number of hydrogen-bond donors (Lipinski definition) is 2. The molecule has 84 valence electrons. The monoisotopic (exact) mass is 234 g/mol. The number of halogens is 3.